The fraction of sp³-hybridized carbons (Fsp3) is 0.143. The zero-order valence-electron chi connectivity index (χ0n) is 10.1. The highest BCUT2D eigenvalue weighted by Gasteiger charge is 2.18. The smallest absolute Gasteiger partial charge is 0.164 e. The minimum Gasteiger partial charge on any atom is -0.320 e. The Morgan fingerprint density at radius 3 is 2.37 bits per heavy atom. The van der Waals surface area contributed by atoms with Gasteiger partial charge >= 0.3 is 0 Å². The minimum absolute atomic E-state index is 0.000556. The second-order valence-electron chi connectivity index (χ2n) is 4.28. The van der Waals surface area contributed by atoms with Crippen LogP contribution in [0.1, 0.15) is 22.7 Å². The molecule has 0 radical (unpaired) electrons. The monoisotopic (exact) mass is 329 g/mol. The lowest BCUT2D eigenvalue weighted by Gasteiger charge is -2.15. The molecule has 0 fully saturated rings. The Kier molecular flexibility index (Phi) is 3.96. The van der Waals surface area contributed by atoms with Gasteiger partial charge < -0.3 is 5.73 Å². The molecule has 0 aliphatic heterocycles. The Hall–Kier alpha value is -1.33. The van der Waals surface area contributed by atoms with Crippen molar-refractivity contribution in [1.29, 1.82) is 0 Å². The number of benzene rings is 2. The molecule has 0 aliphatic carbocycles. The SMILES string of the molecule is Cc1ccc(C(N)c2cc(F)cc(Br)c2)c(F)c1F. The lowest BCUT2D eigenvalue weighted by molar-refractivity contribution is 0.489. The van der Waals surface area contributed by atoms with Gasteiger partial charge in [0.05, 0.1) is 6.04 Å². The van der Waals surface area contributed by atoms with E-state index in [1.807, 2.05) is 0 Å². The average molecular weight is 330 g/mol. The zero-order valence-corrected chi connectivity index (χ0v) is 11.6. The van der Waals surface area contributed by atoms with Crippen LogP contribution in [0.4, 0.5) is 13.2 Å². The van der Waals surface area contributed by atoms with Gasteiger partial charge in [-0.1, -0.05) is 28.1 Å². The Morgan fingerprint density at radius 1 is 1.05 bits per heavy atom. The van der Waals surface area contributed by atoms with Crippen molar-refractivity contribution in [2.45, 2.75) is 13.0 Å². The molecule has 0 aliphatic rings. The molecule has 19 heavy (non-hydrogen) atoms. The number of rotatable bonds is 2. The van der Waals surface area contributed by atoms with Crippen LogP contribution in [0.5, 0.6) is 0 Å². The number of hydrogen-bond acceptors (Lipinski definition) is 1. The molecule has 0 bridgehead atoms. The summed E-state index contributed by atoms with van der Waals surface area (Å²) in [6.45, 7) is 1.46. The minimum atomic E-state index is -0.993. The molecule has 2 rings (SSSR count). The molecular formula is C14H11BrF3N. The maximum Gasteiger partial charge on any atom is 0.164 e. The Bertz CT molecular complexity index is 608. The van der Waals surface area contributed by atoms with Crippen molar-refractivity contribution in [1.82, 2.24) is 0 Å². The van der Waals surface area contributed by atoms with E-state index in [9.17, 15) is 13.2 Å². The molecule has 1 atom stereocenters. The first-order chi connectivity index (χ1) is 8.90. The van der Waals surface area contributed by atoms with E-state index in [1.165, 1.54) is 31.2 Å². The van der Waals surface area contributed by atoms with E-state index in [1.54, 1.807) is 6.07 Å². The molecule has 0 spiro atoms. The van der Waals surface area contributed by atoms with Crippen molar-refractivity contribution in [2.24, 2.45) is 5.73 Å². The number of aryl methyl sites for hydroxylation is 1. The van der Waals surface area contributed by atoms with Gasteiger partial charge in [0.2, 0.25) is 0 Å². The van der Waals surface area contributed by atoms with E-state index in [0.717, 1.165) is 0 Å². The fourth-order valence-electron chi connectivity index (χ4n) is 1.84. The van der Waals surface area contributed by atoms with E-state index < -0.39 is 23.5 Å². The molecule has 2 N–H and O–H groups in total. The summed E-state index contributed by atoms with van der Waals surface area (Å²) in [7, 11) is 0. The van der Waals surface area contributed by atoms with Crippen LogP contribution in [0.2, 0.25) is 0 Å². The summed E-state index contributed by atoms with van der Waals surface area (Å²) in [5.41, 5.74) is 6.45. The second kappa shape index (κ2) is 5.35. The van der Waals surface area contributed by atoms with E-state index in [4.69, 9.17) is 5.73 Å². The molecular weight excluding hydrogens is 319 g/mol. The molecule has 0 heterocycles. The van der Waals surface area contributed by atoms with Gasteiger partial charge in [0.25, 0.3) is 0 Å². The second-order valence-corrected chi connectivity index (χ2v) is 5.20. The molecule has 0 amide bonds. The van der Waals surface area contributed by atoms with Gasteiger partial charge in [-0.3, -0.25) is 0 Å². The lowest BCUT2D eigenvalue weighted by Crippen LogP contribution is -2.15. The van der Waals surface area contributed by atoms with E-state index in [0.29, 0.717) is 10.0 Å². The van der Waals surface area contributed by atoms with Gasteiger partial charge in [0.15, 0.2) is 11.6 Å². The van der Waals surface area contributed by atoms with E-state index in [2.05, 4.69) is 15.9 Å². The predicted molar refractivity (Wildman–Crippen MR) is 71.2 cm³/mol. The van der Waals surface area contributed by atoms with Crippen LogP contribution in [0.3, 0.4) is 0 Å². The highest BCUT2D eigenvalue weighted by Crippen LogP contribution is 2.27. The fourth-order valence-corrected chi connectivity index (χ4v) is 2.32. The Morgan fingerprint density at radius 2 is 1.74 bits per heavy atom. The van der Waals surface area contributed by atoms with Crippen LogP contribution in [-0.4, -0.2) is 0 Å². The summed E-state index contributed by atoms with van der Waals surface area (Å²) in [5.74, 6) is -2.41. The van der Waals surface area contributed by atoms with Gasteiger partial charge in [-0.15, -0.1) is 0 Å². The van der Waals surface area contributed by atoms with Crippen molar-refractivity contribution < 1.29 is 13.2 Å². The summed E-state index contributed by atoms with van der Waals surface area (Å²) in [6, 6.07) is 5.97. The highest BCUT2D eigenvalue weighted by atomic mass is 79.9. The number of halogens is 4. The van der Waals surface area contributed by atoms with Gasteiger partial charge in [0, 0.05) is 10.0 Å². The number of nitrogens with two attached hydrogens (primary N) is 1. The average Bonchev–Trinajstić information content (AvgIpc) is 2.34. The standard InChI is InChI=1S/C14H11BrF3N/c1-7-2-3-11(13(18)12(7)17)14(19)8-4-9(15)6-10(16)5-8/h2-6,14H,19H2,1H3. The normalized spacial score (nSPS) is 12.5. The van der Waals surface area contributed by atoms with Crippen LogP contribution in [-0.2, 0) is 0 Å². The molecule has 0 saturated heterocycles. The maximum absolute atomic E-state index is 13.8. The maximum atomic E-state index is 13.8. The van der Waals surface area contributed by atoms with Gasteiger partial charge in [-0.2, -0.15) is 0 Å². The lowest BCUT2D eigenvalue weighted by atomic mass is 9.98. The molecule has 1 nitrogen and oxygen atoms in total. The van der Waals surface area contributed by atoms with Gasteiger partial charge in [0.1, 0.15) is 5.82 Å². The first-order valence-corrected chi connectivity index (χ1v) is 6.35. The third-order valence-corrected chi connectivity index (χ3v) is 3.34. The number of hydrogen-bond donors (Lipinski definition) is 1. The summed E-state index contributed by atoms with van der Waals surface area (Å²) >= 11 is 3.14. The molecule has 5 heteroatoms. The van der Waals surface area contributed by atoms with Crippen molar-refractivity contribution >= 4 is 15.9 Å². The first kappa shape index (κ1) is 14.1. The van der Waals surface area contributed by atoms with Crippen LogP contribution in [0.15, 0.2) is 34.8 Å². The molecule has 2 aromatic carbocycles. The van der Waals surface area contributed by atoms with E-state index >= 15 is 0 Å². The van der Waals surface area contributed by atoms with Crippen molar-refractivity contribution in [3.63, 3.8) is 0 Å². The van der Waals surface area contributed by atoms with Crippen LogP contribution >= 0.6 is 15.9 Å². The quantitative estimate of drug-likeness (QED) is 0.876. The summed E-state index contributed by atoms with van der Waals surface area (Å²) in [4.78, 5) is 0. The Balaban J connectivity index is 2.50. The van der Waals surface area contributed by atoms with Crippen LogP contribution in [0, 0.1) is 24.4 Å². The van der Waals surface area contributed by atoms with Crippen molar-refractivity contribution in [2.75, 3.05) is 0 Å². The predicted octanol–water partition coefficient (Wildman–Crippen LogP) is 4.22. The van der Waals surface area contributed by atoms with Crippen molar-refractivity contribution in [3.05, 3.63) is 68.9 Å². The molecule has 0 saturated carbocycles. The van der Waals surface area contributed by atoms with Crippen LogP contribution in [0.25, 0.3) is 0 Å². The van der Waals surface area contributed by atoms with Gasteiger partial charge in [-0.05, 0) is 36.2 Å². The largest absolute Gasteiger partial charge is 0.320 e. The van der Waals surface area contributed by atoms with Gasteiger partial charge in [-0.25, -0.2) is 13.2 Å². The molecule has 0 aromatic heterocycles. The molecule has 2 aromatic rings. The Labute approximate surface area is 117 Å². The molecule has 1 unspecified atom stereocenters. The first-order valence-electron chi connectivity index (χ1n) is 5.56. The third kappa shape index (κ3) is 2.82. The summed E-state index contributed by atoms with van der Waals surface area (Å²) in [5, 5.41) is 0. The van der Waals surface area contributed by atoms with Crippen LogP contribution < -0.4 is 5.73 Å². The summed E-state index contributed by atoms with van der Waals surface area (Å²) in [6.07, 6.45) is 0. The zero-order chi connectivity index (χ0) is 14.2. The van der Waals surface area contributed by atoms with Crippen molar-refractivity contribution in [3.8, 4) is 0 Å². The summed E-state index contributed by atoms with van der Waals surface area (Å²) < 4.78 is 41.1. The third-order valence-electron chi connectivity index (χ3n) is 2.88. The molecule has 100 valence electrons. The topological polar surface area (TPSA) is 26.0 Å². The highest BCUT2D eigenvalue weighted by molar-refractivity contribution is 9.10. The van der Waals surface area contributed by atoms with E-state index in [-0.39, 0.29) is 11.1 Å².